The van der Waals surface area contributed by atoms with Gasteiger partial charge < -0.3 is 19.9 Å². The van der Waals surface area contributed by atoms with Crippen molar-refractivity contribution < 1.29 is 132 Å². The van der Waals surface area contributed by atoms with Crippen LogP contribution >= 0.6 is 0 Å². The van der Waals surface area contributed by atoms with E-state index in [0.717, 1.165) is 0 Å². The topological polar surface area (TPSA) is 115 Å². The van der Waals surface area contributed by atoms with Crippen LogP contribution in [-0.4, -0.2) is 39.9 Å². The highest BCUT2D eigenvalue weighted by molar-refractivity contribution is 6.28. The Hall–Kier alpha value is -13.3. The number of nitrogens with one attached hydrogen (secondary N) is 4. The normalized spacial score (nSPS) is 12.5. The molecule has 16 bridgehead atoms. The van der Waals surface area contributed by atoms with E-state index in [-0.39, 0.29) is 0 Å². The van der Waals surface area contributed by atoms with Crippen molar-refractivity contribution in [1.82, 2.24) is 39.9 Å². The molecule has 0 saturated carbocycles. The number of halogens is 30. The molecule has 8 aromatic heterocycles. The van der Waals surface area contributed by atoms with Gasteiger partial charge in [0.15, 0.2) is 140 Å². The van der Waals surface area contributed by atoms with Crippen LogP contribution in [-0.2, 0) is 0 Å². The summed E-state index contributed by atoms with van der Waals surface area (Å²) in [5.74, 6) is -83.9. The summed E-state index contributed by atoms with van der Waals surface area (Å²) in [4.78, 5) is 26.7. The molecule has 0 atom stereocenters. The van der Waals surface area contributed by atoms with E-state index in [1.54, 1.807) is 0 Å². The first-order valence-corrected chi connectivity index (χ1v) is 30.9. The van der Waals surface area contributed by atoms with Gasteiger partial charge in [-0.15, -0.1) is 0 Å². The van der Waals surface area contributed by atoms with E-state index in [0.29, 0.717) is 72.8 Å². The standard InChI is InChI=1S/C74H16F30N8/c75-41-35(42(76)54(88)65(99)53(41)87)29-17-1-5-21(105-17)31(37-45(79)57(91)67(101)58(92)46(37)80)25-9-13-14-10-27-33(39-49(83)61(95)69(103)62(96)50(39)84)23-7-3-19(107-23)30(36-43(77)55(89)66(100)56(90)44(36)78)20-4-8-24(108-20)34(40-51(85)63(97)70(104)64(98)52(40)86)28-12-16(74(112-28)73(14)111-27)15-11-26(110-72(15)71(13)109-25)32(22-6-2-18(29)106-22)38-47(81)59(93)68(102)60(94)48(38)82/h1-12,105,107,109,111H. The molecular formula is C74H16F30N8. The average Bonchev–Trinajstić information content (AvgIpc) is 1.55. The number of aromatic amines is 4. The molecule has 0 spiro atoms. The predicted molar refractivity (Wildman–Crippen MR) is 340 cm³/mol. The lowest BCUT2D eigenvalue weighted by Crippen LogP contribution is -2.05. The van der Waals surface area contributed by atoms with Crippen LogP contribution < -0.4 is 0 Å². The zero-order valence-corrected chi connectivity index (χ0v) is 53.1. The number of hydrogen-bond acceptors (Lipinski definition) is 4. The highest BCUT2D eigenvalue weighted by Crippen LogP contribution is 2.50. The molecule has 8 nitrogen and oxygen atoms in total. The van der Waals surface area contributed by atoms with Crippen LogP contribution in [0.15, 0.2) is 48.5 Å². The molecule has 0 saturated heterocycles. The Bertz CT molecular complexity index is 6670. The van der Waals surface area contributed by atoms with E-state index in [1.807, 2.05) is 0 Å². The maximum atomic E-state index is 17.0. The smallest absolute Gasteiger partial charge is 0.200 e. The SMILES string of the molecule is Fc1c(F)c(F)c(-c2c3nc(c(-c4c(F)c(F)c(F)c(F)c4F)c4ccc([nH]4)c(-c4c(F)c(F)c(F)c(F)c4F)c4cc5c6cc7[nH]c6c6nc(cc6c6cc2nc6c5[nH]4)c(-c2c(F)c(F)c(F)c(F)c2F)c2nc(c(-c4c(F)c(F)c(F)c(F)c4F)c4ccc([nH]4)c7-c4c(F)c(F)c(F)c(F)c4F)C=C2)C=C3)c(F)c1F. The van der Waals surface area contributed by atoms with Crippen molar-refractivity contribution in [3.8, 4) is 66.8 Å². The van der Waals surface area contributed by atoms with E-state index in [1.165, 1.54) is 0 Å². The molecule has 0 aliphatic carbocycles. The zero-order valence-electron chi connectivity index (χ0n) is 53.1. The van der Waals surface area contributed by atoms with Gasteiger partial charge in [-0.1, -0.05) is 0 Å². The summed E-state index contributed by atoms with van der Waals surface area (Å²) in [6.45, 7) is 0. The molecule has 2 aliphatic heterocycles. The third-order valence-corrected chi connectivity index (χ3v) is 18.8. The van der Waals surface area contributed by atoms with Crippen molar-refractivity contribution >= 4 is 112 Å². The van der Waals surface area contributed by atoms with Gasteiger partial charge in [0.25, 0.3) is 0 Å². The maximum Gasteiger partial charge on any atom is 0.200 e. The number of H-pyrrole nitrogens is 4. The minimum absolute atomic E-state index is 0.503. The van der Waals surface area contributed by atoms with Crippen LogP contribution in [0.2, 0.25) is 0 Å². The van der Waals surface area contributed by atoms with Crippen molar-refractivity contribution in [1.29, 1.82) is 0 Å². The van der Waals surface area contributed by atoms with Crippen molar-refractivity contribution in [2.24, 2.45) is 0 Å². The largest absolute Gasteiger partial charge is 0.354 e. The van der Waals surface area contributed by atoms with Crippen molar-refractivity contribution in [2.45, 2.75) is 0 Å². The molecular weight excluding hydrogens is 1570 g/mol. The zero-order chi connectivity index (χ0) is 79.9. The van der Waals surface area contributed by atoms with E-state index < -0.39 is 352 Å². The first-order chi connectivity index (χ1) is 53.1. The molecule has 2 aliphatic rings. The first kappa shape index (κ1) is 71.6. The van der Waals surface area contributed by atoms with Crippen LogP contribution in [0.1, 0.15) is 22.8 Å². The second-order valence-electron chi connectivity index (χ2n) is 24.7. The number of rotatable bonds is 6. The Morgan fingerprint density at radius 3 is 0.607 bits per heavy atom. The van der Waals surface area contributed by atoms with E-state index in [9.17, 15) is 8.78 Å². The number of hydrogen-bond donors (Lipinski definition) is 4. The molecule has 4 N–H and O–H groups in total. The maximum absolute atomic E-state index is 17.0. The van der Waals surface area contributed by atoms with E-state index in [4.69, 9.17) is 0 Å². The number of aromatic nitrogens is 8. The summed E-state index contributed by atoms with van der Waals surface area (Å²) in [5.41, 5.74) is -39.0. The minimum Gasteiger partial charge on any atom is -0.354 e. The monoisotopic (exact) mass is 1590 g/mol. The highest BCUT2D eigenvalue weighted by atomic mass is 19.2. The summed E-state index contributed by atoms with van der Waals surface area (Å²) in [7, 11) is 0. The Labute approximate surface area is 594 Å². The van der Waals surface area contributed by atoms with Crippen LogP contribution in [0, 0.1) is 175 Å². The third kappa shape index (κ3) is 9.66. The second-order valence-corrected chi connectivity index (χ2v) is 24.7. The van der Waals surface area contributed by atoms with Crippen molar-refractivity contribution in [2.75, 3.05) is 0 Å². The lowest BCUT2D eigenvalue weighted by molar-refractivity contribution is 0.381. The molecule has 0 radical (unpaired) electrons. The van der Waals surface area contributed by atoms with Gasteiger partial charge in [0, 0.05) is 88.0 Å². The molecule has 38 heteroatoms. The molecule has 10 heterocycles. The van der Waals surface area contributed by atoms with E-state index >= 15 is 123 Å². The summed E-state index contributed by atoms with van der Waals surface area (Å²) in [5, 5.41) is -3.56. The molecule has 0 fully saturated rings. The van der Waals surface area contributed by atoms with Crippen LogP contribution in [0.5, 0.6) is 0 Å². The first-order valence-electron chi connectivity index (χ1n) is 30.9. The van der Waals surface area contributed by atoms with Gasteiger partial charge in [-0.05, 0) is 72.8 Å². The molecule has 0 amide bonds. The minimum atomic E-state index is -2.88. The Kier molecular flexibility index (Phi) is 15.7. The van der Waals surface area contributed by atoms with Gasteiger partial charge in [0.2, 0.25) is 34.9 Å². The predicted octanol–water partition coefficient (Wildman–Crippen LogP) is 23.2. The molecule has 0 unspecified atom stereocenters. The number of benzene rings is 6. The van der Waals surface area contributed by atoms with Crippen LogP contribution in [0.4, 0.5) is 132 Å². The Morgan fingerprint density at radius 2 is 0.366 bits per heavy atom. The molecule has 112 heavy (non-hydrogen) atoms. The van der Waals surface area contributed by atoms with Crippen LogP contribution in [0.25, 0.3) is 179 Å². The van der Waals surface area contributed by atoms with Crippen LogP contribution in [0.3, 0.4) is 0 Å². The number of nitrogens with zero attached hydrogens (tertiary/aromatic N) is 4. The Balaban J connectivity index is 1.21. The summed E-state index contributed by atoms with van der Waals surface area (Å²) in [6.07, 6.45) is 2.02. The lowest BCUT2D eigenvalue weighted by atomic mass is 10.0. The summed E-state index contributed by atoms with van der Waals surface area (Å²) in [6, 6.07) is 4.39. The van der Waals surface area contributed by atoms with Gasteiger partial charge in [0.05, 0.1) is 89.3 Å². The Morgan fingerprint density at radius 1 is 0.170 bits per heavy atom. The quantitative estimate of drug-likeness (QED) is 0.0754. The molecule has 7 aromatic carbocycles. The number of fused-ring (bicyclic) bond motifs is 14. The lowest BCUT2D eigenvalue weighted by Gasteiger charge is -2.11. The van der Waals surface area contributed by atoms with Gasteiger partial charge in [-0.3, -0.25) is 0 Å². The van der Waals surface area contributed by atoms with Gasteiger partial charge in [0.1, 0.15) is 0 Å². The second kappa shape index (κ2) is 24.6. The fourth-order valence-corrected chi connectivity index (χ4v) is 13.9. The van der Waals surface area contributed by atoms with Gasteiger partial charge in [-0.25, -0.2) is 152 Å². The molecule has 562 valence electrons. The third-order valence-electron chi connectivity index (χ3n) is 18.8. The molecule has 15 aromatic rings. The van der Waals surface area contributed by atoms with Crippen molar-refractivity contribution in [3.63, 3.8) is 0 Å². The van der Waals surface area contributed by atoms with E-state index in [2.05, 4.69) is 39.9 Å². The average molecular weight is 1590 g/mol. The summed E-state index contributed by atoms with van der Waals surface area (Å²) >= 11 is 0. The fraction of sp³-hybridized carbons (Fsp3) is 0. The van der Waals surface area contributed by atoms with Gasteiger partial charge in [-0.2, -0.15) is 0 Å². The molecule has 17 rings (SSSR count). The van der Waals surface area contributed by atoms with Crippen molar-refractivity contribution in [3.05, 3.63) is 246 Å². The highest BCUT2D eigenvalue weighted by Gasteiger charge is 2.39. The fourth-order valence-electron chi connectivity index (χ4n) is 13.9. The van der Waals surface area contributed by atoms with Gasteiger partial charge >= 0.3 is 0 Å². The summed E-state index contributed by atoms with van der Waals surface area (Å²) < 4.78 is 483.